The number of anilines is 1. The number of rotatable bonds is 6. The fourth-order valence-corrected chi connectivity index (χ4v) is 3.22. The number of fused-ring (bicyclic) bond motifs is 1. The van der Waals surface area contributed by atoms with E-state index in [4.69, 9.17) is 5.11 Å². The molecule has 0 saturated heterocycles. The van der Waals surface area contributed by atoms with Crippen LogP contribution >= 0.6 is 0 Å². The molecule has 0 aliphatic carbocycles. The third kappa shape index (κ3) is 4.20. The van der Waals surface area contributed by atoms with Crippen molar-refractivity contribution < 1.29 is 19.1 Å². The standard InChI is InChI=1S/C23H18FN3O3/c24-18-6-4-15(5-7-18)16-10-11-27-20(14-25-21(27)13-16)17-2-1-3-19(12-17)26-22(28)8-9-23(29)30/h1-7,10-14H,8-9H2,(H,26,28)(H,29,30). The molecule has 1 amide bonds. The van der Waals surface area contributed by atoms with Crippen LogP contribution in [0.2, 0.25) is 0 Å². The lowest BCUT2D eigenvalue weighted by Gasteiger charge is -2.08. The van der Waals surface area contributed by atoms with E-state index in [9.17, 15) is 14.0 Å². The lowest BCUT2D eigenvalue weighted by atomic mass is 10.1. The number of halogens is 1. The zero-order chi connectivity index (χ0) is 21.1. The highest BCUT2D eigenvalue weighted by Crippen LogP contribution is 2.27. The molecule has 0 spiro atoms. The van der Waals surface area contributed by atoms with Crippen LogP contribution in [0.1, 0.15) is 12.8 Å². The third-order valence-electron chi connectivity index (χ3n) is 4.70. The van der Waals surface area contributed by atoms with Crippen LogP contribution in [0, 0.1) is 5.82 Å². The van der Waals surface area contributed by atoms with E-state index >= 15 is 0 Å². The zero-order valence-electron chi connectivity index (χ0n) is 15.9. The van der Waals surface area contributed by atoms with Crippen molar-refractivity contribution in [2.75, 3.05) is 5.32 Å². The number of hydrogen-bond acceptors (Lipinski definition) is 3. The molecule has 0 atom stereocenters. The number of amides is 1. The molecule has 0 bridgehead atoms. The smallest absolute Gasteiger partial charge is 0.303 e. The van der Waals surface area contributed by atoms with E-state index in [0.717, 1.165) is 28.0 Å². The van der Waals surface area contributed by atoms with Crippen molar-refractivity contribution in [3.8, 4) is 22.4 Å². The Morgan fingerprint density at radius 2 is 1.77 bits per heavy atom. The molecular weight excluding hydrogens is 385 g/mol. The number of aromatic nitrogens is 2. The summed E-state index contributed by atoms with van der Waals surface area (Å²) in [6.45, 7) is 0. The fraction of sp³-hybridized carbons (Fsp3) is 0.0870. The third-order valence-corrected chi connectivity index (χ3v) is 4.70. The van der Waals surface area contributed by atoms with Crippen molar-refractivity contribution in [2.45, 2.75) is 12.8 Å². The molecule has 2 aromatic heterocycles. The van der Waals surface area contributed by atoms with E-state index in [-0.39, 0.29) is 24.6 Å². The molecule has 0 unspecified atom stereocenters. The number of nitrogens with zero attached hydrogens (tertiary/aromatic N) is 2. The average molecular weight is 403 g/mol. The monoisotopic (exact) mass is 403 g/mol. The molecule has 30 heavy (non-hydrogen) atoms. The normalized spacial score (nSPS) is 10.8. The van der Waals surface area contributed by atoms with Gasteiger partial charge in [0.25, 0.3) is 0 Å². The molecule has 150 valence electrons. The first-order valence-corrected chi connectivity index (χ1v) is 9.35. The van der Waals surface area contributed by atoms with Gasteiger partial charge >= 0.3 is 5.97 Å². The van der Waals surface area contributed by atoms with Gasteiger partial charge in [0, 0.05) is 23.9 Å². The molecule has 0 fully saturated rings. The van der Waals surface area contributed by atoms with Crippen molar-refractivity contribution >= 4 is 23.2 Å². The number of aliphatic carboxylic acids is 1. The topological polar surface area (TPSA) is 83.7 Å². The Kier molecular flexibility index (Phi) is 5.26. The highest BCUT2D eigenvalue weighted by molar-refractivity contribution is 5.93. The van der Waals surface area contributed by atoms with Gasteiger partial charge < -0.3 is 10.4 Å². The number of carbonyl (C=O) groups excluding carboxylic acids is 1. The summed E-state index contributed by atoms with van der Waals surface area (Å²) in [7, 11) is 0. The molecule has 2 heterocycles. The maximum absolute atomic E-state index is 13.2. The number of carboxylic acid groups (broad SMARTS) is 1. The first kappa shape index (κ1) is 19.3. The summed E-state index contributed by atoms with van der Waals surface area (Å²) in [5.74, 6) is -1.64. The van der Waals surface area contributed by atoms with Crippen molar-refractivity contribution in [3.05, 3.63) is 78.9 Å². The second-order valence-electron chi connectivity index (χ2n) is 6.82. The zero-order valence-corrected chi connectivity index (χ0v) is 15.9. The van der Waals surface area contributed by atoms with Crippen molar-refractivity contribution in [1.82, 2.24) is 9.38 Å². The van der Waals surface area contributed by atoms with E-state index < -0.39 is 5.97 Å². The van der Waals surface area contributed by atoms with Crippen LogP contribution in [0.4, 0.5) is 10.1 Å². The average Bonchev–Trinajstić information content (AvgIpc) is 3.16. The summed E-state index contributed by atoms with van der Waals surface area (Å²) in [4.78, 5) is 27.0. The van der Waals surface area contributed by atoms with Gasteiger partial charge in [-0.2, -0.15) is 0 Å². The minimum Gasteiger partial charge on any atom is -0.481 e. The van der Waals surface area contributed by atoms with E-state index in [1.54, 1.807) is 24.4 Å². The Morgan fingerprint density at radius 3 is 2.53 bits per heavy atom. The summed E-state index contributed by atoms with van der Waals surface area (Å²) < 4.78 is 15.1. The lowest BCUT2D eigenvalue weighted by Crippen LogP contribution is -2.13. The molecular formula is C23H18FN3O3. The molecule has 0 aliphatic heterocycles. The molecule has 2 N–H and O–H groups in total. The summed E-state index contributed by atoms with van der Waals surface area (Å²) in [5.41, 5.74) is 4.85. The predicted molar refractivity (Wildman–Crippen MR) is 112 cm³/mol. The van der Waals surface area contributed by atoms with E-state index in [2.05, 4.69) is 10.3 Å². The Labute approximate surface area is 171 Å². The highest BCUT2D eigenvalue weighted by atomic mass is 19.1. The van der Waals surface area contributed by atoms with Gasteiger partial charge in [0.15, 0.2) is 0 Å². The van der Waals surface area contributed by atoms with Gasteiger partial charge in [-0.05, 0) is 47.5 Å². The maximum atomic E-state index is 13.2. The first-order chi connectivity index (χ1) is 14.5. The summed E-state index contributed by atoms with van der Waals surface area (Å²) >= 11 is 0. The molecule has 0 radical (unpaired) electrons. The van der Waals surface area contributed by atoms with Gasteiger partial charge in [-0.25, -0.2) is 9.37 Å². The van der Waals surface area contributed by atoms with Crippen LogP contribution in [-0.4, -0.2) is 26.4 Å². The van der Waals surface area contributed by atoms with Crippen LogP contribution in [0.15, 0.2) is 73.1 Å². The van der Waals surface area contributed by atoms with Crippen LogP contribution in [0.25, 0.3) is 28.0 Å². The number of hydrogen-bond donors (Lipinski definition) is 2. The van der Waals surface area contributed by atoms with Crippen molar-refractivity contribution in [1.29, 1.82) is 0 Å². The van der Waals surface area contributed by atoms with E-state index in [1.165, 1.54) is 12.1 Å². The molecule has 0 aliphatic rings. The number of imidazole rings is 1. The minimum absolute atomic E-state index is 0.0820. The maximum Gasteiger partial charge on any atom is 0.303 e. The largest absolute Gasteiger partial charge is 0.481 e. The van der Waals surface area contributed by atoms with Gasteiger partial charge in [0.2, 0.25) is 5.91 Å². The van der Waals surface area contributed by atoms with Gasteiger partial charge in [-0.1, -0.05) is 24.3 Å². The summed E-state index contributed by atoms with van der Waals surface area (Å²) in [5, 5.41) is 11.4. The van der Waals surface area contributed by atoms with Gasteiger partial charge in [0.1, 0.15) is 11.5 Å². The minimum atomic E-state index is -1.01. The molecule has 0 saturated carbocycles. The van der Waals surface area contributed by atoms with Crippen molar-refractivity contribution in [2.24, 2.45) is 0 Å². The molecule has 2 aromatic carbocycles. The summed E-state index contributed by atoms with van der Waals surface area (Å²) in [6, 6.07) is 17.4. The van der Waals surface area contributed by atoms with E-state index in [1.807, 2.05) is 40.9 Å². The number of carboxylic acids is 1. The second-order valence-corrected chi connectivity index (χ2v) is 6.82. The number of nitrogens with one attached hydrogen (secondary N) is 1. The highest BCUT2D eigenvalue weighted by Gasteiger charge is 2.10. The van der Waals surface area contributed by atoms with Crippen LogP contribution in [0.3, 0.4) is 0 Å². The predicted octanol–water partition coefficient (Wildman–Crippen LogP) is 4.61. The van der Waals surface area contributed by atoms with E-state index in [0.29, 0.717) is 5.69 Å². The van der Waals surface area contributed by atoms with Crippen LogP contribution in [-0.2, 0) is 9.59 Å². The Bertz CT molecular complexity index is 1230. The quantitative estimate of drug-likeness (QED) is 0.492. The molecule has 4 aromatic rings. The number of carbonyl (C=O) groups is 2. The Balaban J connectivity index is 1.60. The number of benzene rings is 2. The first-order valence-electron chi connectivity index (χ1n) is 9.35. The number of pyridine rings is 1. The SMILES string of the molecule is O=C(O)CCC(=O)Nc1cccc(-c2cnc3cc(-c4ccc(F)cc4)ccn23)c1. The Morgan fingerprint density at radius 1 is 0.967 bits per heavy atom. The van der Waals surface area contributed by atoms with Gasteiger partial charge in [-0.3, -0.25) is 14.0 Å². The van der Waals surface area contributed by atoms with Crippen LogP contribution in [0.5, 0.6) is 0 Å². The van der Waals surface area contributed by atoms with Gasteiger partial charge in [0.05, 0.1) is 18.3 Å². The lowest BCUT2D eigenvalue weighted by molar-refractivity contribution is -0.138. The molecule has 6 nitrogen and oxygen atoms in total. The molecule has 4 rings (SSSR count). The fourth-order valence-electron chi connectivity index (χ4n) is 3.22. The van der Waals surface area contributed by atoms with Crippen molar-refractivity contribution in [3.63, 3.8) is 0 Å². The second kappa shape index (κ2) is 8.16. The van der Waals surface area contributed by atoms with Crippen LogP contribution < -0.4 is 5.32 Å². The van der Waals surface area contributed by atoms with Gasteiger partial charge in [-0.15, -0.1) is 0 Å². The summed E-state index contributed by atoms with van der Waals surface area (Å²) in [6.07, 6.45) is 3.35. The molecule has 7 heteroatoms. The Hall–Kier alpha value is -4.00.